The summed E-state index contributed by atoms with van der Waals surface area (Å²) in [7, 11) is 0. The number of anilines is 1. The molecule has 0 atom stereocenters. The summed E-state index contributed by atoms with van der Waals surface area (Å²) in [5.41, 5.74) is 1.63. The van der Waals surface area contributed by atoms with Crippen molar-refractivity contribution in [2.45, 2.75) is 25.4 Å². The number of benzene rings is 3. The van der Waals surface area contributed by atoms with E-state index in [1.54, 1.807) is 29.2 Å². The van der Waals surface area contributed by atoms with Crippen molar-refractivity contribution >= 4 is 11.6 Å². The summed E-state index contributed by atoms with van der Waals surface area (Å²) in [6.07, 6.45) is 1.39. The molecule has 3 nitrogen and oxygen atoms in total. The standard InChI is InChI=1S/C25H23F3N2O/c26-20-7-5-18(6-8-20)25(31)30(22-11-9-21(27)10-12-22)23-13-15-29(16-14-23)17-19-3-1-2-4-24(19)28/h1-12,23H,13-17H2. The van der Waals surface area contributed by atoms with E-state index >= 15 is 0 Å². The Morgan fingerprint density at radius 3 is 2.03 bits per heavy atom. The van der Waals surface area contributed by atoms with Crippen LogP contribution in [-0.2, 0) is 6.54 Å². The zero-order valence-electron chi connectivity index (χ0n) is 17.0. The molecule has 0 saturated carbocycles. The molecular formula is C25H23F3N2O. The van der Waals surface area contributed by atoms with Gasteiger partial charge in [-0.3, -0.25) is 9.69 Å². The summed E-state index contributed by atoms with van der Waals surface area (Å²) in [5.74, 6) is -1.26. The second-order valence-corrected chi connectivity index (χ2v) is 7.76. The van der Waals surface area contributed by atoms with Gasteiger partial charge < -0.3 is 4.90 Å². The molecule has 31 heavy (non-hydrogen) atoms. The first-order valence-electron chi connectivity index (χ1n) is 10.3. The van der Waals surface area contributed by atoms with Crippen LogP contribution < -0.4 is 4.90 Å². The highest BCUT2D eigenvalue weighted by Crippen LogP contribution is 2.27. The molecule has 0 unspecified atom stereocenters. The van der Waals surface area contributed by atoms with Crippen molar-refractivity contribution in [3.63, 3.8) is 0 Å². The van der Waals surface area contributed by atoms with Crippen LogP contribution in [0.1, 0.15) is 28.8 Å². The lowest BCUT2D eigenvalue weighted by molar-refractivity contribution is 0.0958. The quantitative estimate of drug-likeness (QED) is 0.546. The second-order valence-electron chi connectivity index (χ2n) is 7.76. The monoisotopic (exact) mass is 424 g/mol. The van der Waals surface area contributed by atoms with Gasteiger partial charge in [-0.1, -0.05) is 18.2 Å². The van der Waals surface area contributed by atoms with Crippen LogP contribution in [0.2, 0.25) is 0 Å². The number of halogens is 3. The van der Waals surface area contributed by atoms with Gasteiger partial charge in [-0.25, -0.2) is 13.2 Å². The summed E-state index contributed by atoms with van der Waals surface area (Å²) in [5, 5.41) is 0. The van der Waals surface area contributed by atoms with Gasteiger partial charge in [0.15, 0.2) is 0 Å². The SMILES string of the molecule is O=C(c1ccc(F)cc1)N(c1ccc(F)cc1)C1CCN(Cc2ccccc2F)CC1. The fraction of sp³-hybridized carbons (Fsp3) is 0.240. The number of likely N-dealkylation sites (tertiary alicyclic amines) is 1. The van der Waals surface area contributed by atoms with Crippen LogP contribution in [0.3, 0.4) is 0 Å². The highest BCUT2D eigenvalue weighted by Gasteiger charge is 2.30. The first kappa shape index (κ1) is 21.1. The second kappa shape index (κ2) is 9.35. The number of amides is 1. The number of hydrogen-bond donors (Lipinski definition) is 0. The maximum absolute atomic E-state index is 14.0. The third kappa shape index (κ3) is 4.97. The normalized spacial score (nSPS) is 15.1. The van der Waals surface area contributed by atoms with Gasteiger partial charge in [-0.05, 0) is 67.4 Å². The van der Waals surface area contributed by atoms with Gasteiger partial charge in [0.1, 0.15) is 17.5 Å². The van der Waals surface area contributed by atoms with Crippen molar-refractivity contribution in [2.75, 3.05) is 18.0 Å². The van der Waals surface area contributed by atoms with Gasteiger partial charge in [0, 0.05) is 42.5 Å². The Morgan fingerprint density at radius 1 is 0.839 bits per heavy atom. The molecule has 0 aliphatic carbocycles. The Balaban J connectivity index is 1.52. The number of rotatable bonds is 5. The van der Waals surface area contributed by atoms with Crippen LogP contribution in [0, 0.1) is 17.5 Å². The van der Waals surface area contributed by atoms with Crippen molar-refractivity contribution in [2.24, 2.45) is 0 Å². The predicted molar refractivity (Wildman–Crippen MR) is 114 cm³/mol. The van der Waals surface area contributed by atoms with Crippen LogP contribution in [0.4, 0.5) is 18.9 Å². The van der Waals surface area contributed by atoms with E-state index < -0.39 is 5.82 Å². The fourth-order valence-electron chi connectivity index (χ4n) is 4.03. The molecule has 0 N–H and O–H groups in total. The lowest BCUT2D eigenvalue weighted by atomic mass is 10.00. The molecule has 160 valence electrons. The van der Waals surface area contributed by atoms with Gasteiger partial charge in [-0.15, -0.1) is 0 Å². The first-order valence-corrected chi connectivity index (χ1v) is 10.3. The van der Waals surface area contributed by atoms with Gasteiger partial charge in [0.2, 0.25) is 0 Å². The van der Waals surface area contributed by atoms with E-state index in [2.05, 4.69) is 4.90 Å². The van der Waals surface area contributed by atoms with Crippen molar-refractivity contribution in [3.05, 3.63) is 101 Å². The molecule has 1 saturated heterocycles. The molecule has 1 fully saturated rings. The smallest absolute Gasteiger partial charge is 0.258 e. The number of nitrogens with zero attached hydrogens (tertiary/aromatic N) is 2. The van der Waals surface area contributed by atoms with Crippen molar-refractivity contribution in [1.29, 1.82) is 0 Å². The van der Waals surface area contributed by atoms with E-state index in [0.717, 1.165) is 0 Å². The van der Waals surface area contributed by atoms with Gasteiger partial charge >= 0.3 is 0 Å². The molecule has 1 amide bonds. The van der Waals surface area contributed by atoms with Crippen LogP contribution in [0.15, 0.2) is 72.8 Å². The van der Waals surface area contributed by atoms with E-state index in [1.807, 2.05) is 6.07 Å². The van der Waals surface area contributed by atoms with Crippen LogP contribution in [-0.4, -0.2) is 29.9 Å². The highest BCUT2D eigenvalue weighted by molar-refractivity contribution is 6.06. The average Bonchev–Trinajstić information content (AvgIpc) is 2.78. The van der Waals surface area contributed by atoms with E-state index in [9.17, 15) is 18.0 Å². The molecule has 4 rings (SSSR count). The zero-order valence-corrected chi connectivity index (χ0v) is 17.0. The topological polar surface area (TPSA) is 23.6 Å². The summed E-state index contributed by atoms with van der Waals surface area (Å²) >= 11 is 0. The first-order chi connectivity index (χ1) is 15.0. The summed E-state index contributed by atoms with van der Waals surface area (Å²) in [6.45, 7) is 1.92. The van der Waals surface area contributed by atoms with Gasteiger partial charge in [-0.2, -0.15) is 0 Å². The minimum atomic E-state index is -0.411. The van der Waals surface area contributed by atoms with Crippen molar-refractivity contribution in [3.8, 4) is 0 Å². The number of piperidine rings is 1. The molecule has 0 bridgehead atoms. The Kier molecular flexibility index (Phi) is 6.37. The van der Waals surface area contributed by atoms with Crippen LogP contribution in [0.5, 0.6) is 0 Å². The molecule has 1 aliphatic heterocycles. The zero-order chi connectivity index (χ0) is 21.8. The number of hydrogen-bond acceptors (Lipinski definition) is 2. The van der Waals surface area contributed by atoms with E-state index in [0.29, 0.717) is 49.3 Å². The average molecular weight is 424 g/mol. The molecule has 0 spiro atoms. The minimum absolute atomic E-state index is 0.0973. The Morgan fingerprint density at radius 2 is 1.42 bits per heavy atom. The van der Waals surface area contributed by atoms with E-state index in [-0.39, 0.29) is 23.6 Å². The summed E-state index contributed by atoms with van der Waals surface area (Å²) in [6, 6.07) is 17.9. The van der Waals surface area contributed by atoms with Gasteiger partial charge in [0.25, 0.3) is 5.91 Å². The number of carbonyl (C=O) groups excluding carboxylic acids is 1. The molecule has 1 heterocycles. The van der Waals surface area contributed by atoms with Crippen LogP contribution in [0.25, 0.3) is 0 Å². The summed E-state index contributed by atoms with van der Waals surface area (Å²) < 4.78 is 40.8. The third-order valence-electron chi connectivity index (χ3n) is 5.69. The minimum Gasteiger partial charge on any atom is -0.305 e. The molecule has 6 heteroatoms. The Hall–Kier alpha value is -3.12. The molecule has 3 aromatic rings. The maximum Gasteiger partial charge on any atom is 0.258 e. The van der Waals surface area contributed by atoms with Crippen molar-refractivity contribution < 1.29 is 18.0 Å². The molecule has 3 aromatic carbocycles. The van der Waals surface area contributed by atoms with Gasteiger partial charge in [0.05, 0.1) is 0 Å². The van der Waals surface area contributed by atoms with Crippen LogP contribution >= 0.6 is 0 Å². The maximum atomic E-state index is 14.0. The molecule has 1 aliphatic rings. The summed E-state index contributed by atoms with van der Waals surface area (Å²) in [4.78, 5) is 17.1. The molecular weight excluding hydrogens is 401 g/mol. The van der Waals surface area contributed by atoms with E-state index in [4.69, 9.17) is 0 Å². The highest BCUT2D eigenvalue weighted by atomic mass is 19.1. The molecule has 0 radical (unpaired) electrons. The Labute approximate surface area is 179 Å². The lowest BCUT2D eigenvalue weighted by Gasteiger charge is -2.38. The largest absolute Gasteiger partial charge is 0.305 e. The Bertz CT molecular complexity index is 1030. The lowest BCUT2D eigenvalue weighted by Crippen LogP contribution is -2.47. The molecule has 0 aromatic heterocycles. The third-order valence-corrected chi connectivity index (χ3v) is 5.69. The number of carbonyl (C=O) groups is 1. The van der Waals surface area contributed by atoms with E-state index in [1.165, 1.54) is 42.5 Å². The van der Waals surface area contributed by atoms with Crippen molar-refractivity contribution in [1.82, 2.24) is 4.90 Å². The predicted octanol–water partition coefficient (Wildman–Crippen LogP) is 5.42. The fourth-order valence-corrected chi connectivity index (χ4v) is 4.03.